The van der Waals surface area contributed by atoms with Gasteiger partial charge in [0.25, 0.3) is 0 Å². The van der Waals surface area contributed by atoms with E-state index < -0.39 is 0 Å². The van der Waals surface area contributed by atoms with Crippen molar-refractivity contribution in [2.24, 2.45) is 0 Å². The number of likely N-dealkylation sites (tertiary alicyclic amines) is 1. The number of para-hydroxylation sites is 1. The van der Waals surface area contributed by atoms with Crippen molar-refractivity contribution in [3.8, 4) is 0 Å². The lowest BCUT2D eigenvalue weighted by Gasteiger charge is -2.29. The zero-order valence-electron chi connectivity index (χ0n) is 11.9. The van der Waals surface area contributed by atoms with Crippen molar-refractivity contribution >= 4 is 11.8 Å². The van der Waals surface area contributed by atoms with E-state index in [0.29, 0.717) is 0 Å². The van der Waals surface area contributed by atoms with E-state index >= 15 is 0 Å². The highest BCUT2D eigenvalue weighted by molar-refractivity contribution is 5.86. The van der Waals surface area contributed by atoms with Gasteiger partial charge in [-0.05, 0) is 51.4 Å². The van der Waals surface area contributed by atoms with Gasteiger partial charge in [-0.3, -0.25) is 5.32 Å². The van der Waals surface area contributed by atoms with Crippen LogP contribution in [0.15, 0.2) is 18.2 Å². The number of carbonyl (C=O) groups excluding carboxylic acids is 1. The summed E-state index contributed by atoms with van der Waals surface area (Å²) in [7, 11) is 2.05. The highest BCUT2D eigenvalue weighted by atomic mass is 16.6. The Balaban J connectivity index is 1.94. The number of likely N-dealkylation sites (N-methyl/N-ethyl adjacent to an activating group) is 1. The number of amides is 1. The van der Waals surface area contributed by atoms with E-state index in [1.165, 1.54) is 0 Å². The molecule has 4 nitrogen and oxygen atoms in total. The molecule has 1 saturated heterocycles. The number of piperidine rings is 1. The molecule has 0 spiro atoms. The summed E-state index contributed by atoms with van der Waals surface area (Å²) in [6.07, 6.45) is 1.68. The molecular formula is C15H22N2O2. The number of aryl methyl sites for hydroxylation is 2. The Morgan fingerprint density at radius 3 is 2.68 bits per heavy atom. The molecule has 1 fully saturated rings. The molecule has 1 amide bonds. The molecular weight excluding hydrogens is 240 g/mol. The van der Waals surface area contributed by atoms with Crippen LogP contribution in [0.2, 0.25) is 0 Å². The Labute approximate surface area is 114 Å². The lowest BCUT2D eigenvalue weighted by Crippen LogP contribution is -2.38. The second kappa shape index (κ2) is 6.06. The molecule has 0 radical (unpaired) electrons. The minimum Gasteiger partial charge on any atom is -0.445 e. The van der Waals surface area contributed by atoms with Crippen LogP contribution in [-0.4, -0.2) is 37.2 Å². The summed E-state index contributed by atoms with van der Waals surface area (Å²) in [5, 5.41) is 2.86. The average molecular weight is 262 g/mol. The predicted octanol–water partition coefficient (Wildman–Crippen LogP) is 2.95. The Morgan fingerprint density at radius 2 is 2.05 bits per heavy atom. The zero-order valence-corrected chi connectivity index (χ0v) is 11.9. The summed E-state index contributed by atoms with van der Waals surface area (Å²) < 4.78 is 5.48. The van der Waals surface area contributed by atoms with Crippen LogP contribution in [0.4, 0.5) is 10.5 Å². The first-order valence-electron chi connectivity index (χ1n) is 6.78. The first-order chi connectivity index (χ1) is 9.06. The zero-order chi connectivity index (χ0) is 13.8. The Morgan fingerprint density at radius 1 is 1.37 bits per heavy atom. The smallest absolute Gasteiger partial charge is 0.411 e. The fourth-order valence-corrected chi connectivity index (χ4v) is 2.51. The molecule has 19 heavy (non-hydrogen) atoms. The van der Waals surface area contributed by atoms with E-state index in [1.807, 2.05) is 32.0 Å². The van der Waals surface area contributed by atoms with Crippen molar-refractivity contribution in [3.63, 3.8) is 0 Å². The molecule has 1 aliphatic rings. The van der Waals surface area contributed by atoms with Gasteiger partial charge < -0.3 is 9.64 Å². The molecule has 104 valence electrons. The first-order valence-corrected chi connectivity index (χ1v) is 6.78. The number of ether oxygens (including phenoxy) is 1. The Bertz CT molecular complexity index is 439. The standard InChI is InChI=1S/C15H22N2O2/c1-11-6-4-7-12(2)14(11)16-15(18)19-13-8-5-9-17(3)10-13/h4,6-7,13H,5,8-10H2,1-3H3,(H,16,18)/t13-/m1/s1. The fraction of sp³-hybridized carbons (Fsp3) is 0.533. The molecule has 4 heteroatoms. The normalized spacial score (nSPS) is 20.1. The third-order valence-corrected chi connectivity index (χ3v) is 3.56. The first kappa shape index (κ1) is 13.9. The maximum atomic E-state index is 11.9. The van der Waals surface area contributed by atoms with Crippen LogP contribution in [0.1, 0.15) is 24.0 Å². The van der Waals surface area contributed by atoms with E-state index in [2.05, 4.69) is 17.3 Å². The van der Waals surface area contributed by atoms with Crippen LogP contribution in [0.5, 0.6) is 0 Å². The number of nitrogens with zero attached hydrogens (tertiary/aromatic N) is 1. The molecule has 0 aromatic heterocycles. The van der Waals surface area contributed by atoms with Gasteiger partial charge in [0.1, 0.15) is 6.10 Å². The second-order valence-electron chi connectivity index (χ2n) is 5.32. The number of hydrogen-bond acceptors (Lipinski definition) is 3. The van der Waals surface area contributed by atoms with Gasteiger partial charge in [-0.1, -0.05) is 18.2 Å². The maximum absolute atomic E-state index is 11.9. The fourth-order valence-electron chi connectivity index (χ4n) is 2.51. The molecule has 1 heterocycles. The number of carbonyl (C=O) groups is 1. The summed E-state index contributed by atoms with van der Waals surface area (Å²) in [5.41, 5.74) is 2.96. The van der Waals surface area contributed by atoms with E-state index in [4.69, 9.17) is 4.74 Å². The highest BCUT2D eigenvalue weighted by Gasteiger charge is 2.21. The SMILES string of the molecule is Cc1cccc(C)c1NC(=O)O[C@@H]1CCCN(C)C1. The van der Waals surface area contributed by atoms with E-state index in [-0.39, 0.29) is 12.2 Å². The van der Waals surface area contributed by atoms with Gasteiger partial charge in [-0.2, -0.15) is 0 Å². The van der Waals surface area contributed by atoms with Gasteiger partial charge >= 0.3 is 6.09 Å². The van der Waals surface area contributed by atoms with Crippen molar-refractivity contribution in [2.75, 3.05) is 25.5 Å². The number of anilines is 1. The molecule has 1 aliphatic heterocycles. The number of hydrogen-bond donors (Lipinski definition) is 1. The molecule has 0 saturated carbocycles. The minimum atomic E-state index is -0.349. The van der Waals surface area contributed by atoms with Crippen molar-refractivity contribution in [3.05, 3.63) is 29.3 Å². The lowest BCUT2D eigenvalue weighted by molar-refractivity contribution is 0.0593. The third kappa shape index (κ3) is 3.70. The van der Waals surface area contributed by atoms with Gasteiger partial charge in [-0.15, -0.1) is 0 Å². The van der Waals surface area contributed by atoms with Gasteiger partial charge in [-0.25, -0.2) is 4.79 Å². The average Bonchev–Trinajstić information content (AvgIpc) is 2.34. The molecule has 0 unspecified atom stereocenters. The Kier molecular flexibility index (Phi) is 4.43. The molecule has 0 aliphatic carbocycles. The summed E-state index contributed by atoms with van der Waals surface area (Å²) in [4.78, 5) is 14.1. The van der Waals surface area contributed by atoms with Gasteiger partial charge in [0.15, 0.2) is 0 Å². The van der Waals surface area contributed by atoms with Gasteiger partial charge in [0.2, 0.25) is 0 Å². The van der Waals surface area contributed by atoms with Crippen molar-refractivity contribution in [1.82, 2.24) is 4.90 Å². The van der Waals surface area contributed by atoms with Crippen LogP contribution in [0, 0.1) is 13.8 Å². The largest absolute Gasteiger partial charge is 0.445 e. The topological polar surface area (TPSA) is 41.6 Å². The number of rotatable bonds is 2. The Hall–Kier alpha value is -1.55. The second-order valence-corrected chi connectivity index (χ2v) is 5.32. The van der Waals surface area contributed by atoms with Gasteiger partial charge in [0, 0.05) is 12.2 Å². The molecule has 1 aromatic rings. The van der Waals surface area contributed by atoms with Crippen LogP contribution in [0.25, 0.3) is 0 Å². The third-order valence-electron chi connectivity index (χ3n) is 3.56. The van der Waals surface area contributed by atoms with E-state index in [1.54, 1.807) is 0 Å². The maximum Gasteiger partial charge on any atom is 0.411 e. The molecule has 2 rings (SSSR count). The van der Waals surface area contributed by atoms with Crippen molar-refractivity contribution in [1.29, 1.82) is 0 Å². The molecule has 0 bridgehead atoms. The monoisotopic (exact) mass is 262 g/mol. The van der Waals surface area contributed by atoms with E-state index in [0.717, 1.165) is 42.7 Å². The summed E-state index contributed by atoms with van der Waals surface area (Å²) >= 11 is 0. The van der Waals surface area contributed by atoms with Crippen LogP contribution < -0.4 is 5.32 Å². The highest BCUT2D eigenvalue weighted by Crippen LogP contribution is 2.20. The van der Waals surface area contributed by atoms with Crippen LogP contribution in [0.3, 0.4) is 0 Å². The lowest BCUT2D eigenvalue weighted by atomic mass is 10.1. The predicted molar refractivity (Wildman–Crippen MR) is 76.5 cm³/mol. The van der Waals surface area contributed by atoms with Crippen molar-refractivity contribution < 1.29 is 9.53 Å². The van der Waals surface area contributed by atoms with Crippen LogP contribution in [-0.2, 0) is 4.74 Å². The number of benzene rings is 1. The summed E-state index contributed by atoms with van der Waals surface area (Å²) in [6, 6.07) is 5.95. The molecule has 1 atom stereocenters. The summed E-state index contributed by atoms with van der Waals surface area (Å²) in [6.45, 7) is 5.87. The van der Waals surface area contributed by atoms with Crippen LogP contribution >= 0.6 is 0 Å². The number of nitrogens with one attached hydrogen (secondary N) is 1. The van der Waals surface area contributed by atoms with Crippen molar-refractivity contribution in [2.45, 2.75) is 32.8 Å². The molecule has 1 N–H and O–H groups in total. The molecule has 1 aromatic carbocycles. The van der Waals surface area contributed by atoms with Gasteiger partial charge in [0.05, 0.1) is 0 Å². The quantitative estimate of drug-likeness (QED) is 0.891. The minimum absolute atomic E-state index is 0.00285. The van der Waals surface area contributed by atoms with E-state index in [9.17, 15) is 4.79 Å². The summed E-state index contributed by atoms with van der Waals surface area (Å²) in [5.74, 6) is 0.